The van der Waals surface area contributed by atoms with Crippen LogP contribution in [-0.2, 0) is 24.7 Å². The maximum absolute atomic E-state index is 12.7. The molecule has 8 nitrogen and oxygen atoms in total. The third kappa shape index (κ3) is 4.93. The fraction of sp³-hybridized carbons (Fsp3) is 0.350. The molecule has 0 unspecified atom stereocenters. The molecular weight excluding hydrogens is 464 g/mol. The van der Waals surface area contributed by atoms with Gasteiger partial charge < -0.3 is 5.32 Å². The highest BCUT2D eigenvalue weighted by molar-refractivity contribution is 7.92. The second kappa shape index (κ2) is 9.25. The molecule has 0 bridgehead atoms. The van der Waals surface area contributed by atoms with E-state index in [1.54, 1.807) is 0 Å². The molecule has 1 amide bonds. The van der Waals surface area contributed by atoms with Gasteiger partial charge in [0.15, 0.2) is 9.84 Å². The van der Waals surface area contributed by atoms with Crippen molar-refractivity contribution in [1.29, 1.82) is 0 Å². The zero-order chi connectivity index (χ0) is 22.8. The first kappa shape index (κ1) is 23.7. The highest BCUT2D eigenvalue weighted by Crippen LogP contribution is 2.30. The van der Waals surface area contributed by atoms with E-state index in [0.717, 1.165) is 18.9 Å². The Labute approximate surface area is 187 Å². The molecule has 0 radical (unpaired) electrons. The summed E-state index contributed by atoms with van der Waals surface area (Å²) < 4.78 is 50.9. The van der Waals surface area contributed by atoms with Crippen molar-refractivity contribution in [3.05, 3.63) is 53.1 Å². The first-order chi connectivity index (χ1) is 14.6. The van der Waals surface area contributed by atoms with Gasteiger partial charge in [0.1, 0.15) is 4.90 Å². The van der Waals surface area contributed by atoms with Crippen LogP contribution in [0.15, 0.2) is 52.3 Å². The molecule has 31 heavy (non-hydrogen) atoms. The Kier molecular flexibility index (Phi) is 7.07. The largest absolute Gasteiger partial charge is 0.322 e. The quantitative estimate of drug-likeness (QED) is 0.600. The van der Waals surface area contributed by atoms with Gasteiger partial charge in [0.05, 0.1) is 22.3 Å². The van der Waals surface area contributed by atoms with E-state index in [9.17, 15) is 21.6 Å². The lowest BCUT2D eigenvalue weighted by molar-refractivity contribution is -0.0258. The van der Waals surface area contributed by atoms with Gasteiger partial charge in [0.2, 0.25) is 0 Å². The molecule has 0 heterocycles. The molecule has 2 aromatic rings. The molecule has 0 atom stereocenters. The van der Waals surface area contributed by atoms with Gasteiger partial charge in [0.25, 0.3) is 15.9 Å². The summed E-state index contributed by atoms with van der Waals surface area (Å²) in [6.45, 7) is 0. The fourth-order valence-corrected chi connectivity index (χ4v) is 6.73. The van der Waals surface area contributed by atoms with Crippen LogP contribution in [0.3, 0.4) is 0 Å². The fourth-order valence-electron chi connectivity index (χ4n) is 3.40. The molecule has 0 saturated heterocycles. The number of sulfonamides is 1. The molecule has 1 aliphatic rings. The number of nitrogens with zero attached hydrogens (tertiary/aromatic N) is 1. The molecule has 11 heteroatoms. The monoisotopic (exact) mass is 486 g/mol. The molecule has 0 aromatic heterocycles. The van der Waals surface area contributed by atoms with Crippen LogP contribution in [0, 0.1) is 0 Å². The van der Waals surface area contributed by atoms with Crippen LogP contribution in [0.25, 0.3) is 0 Å². The van der Waals surface area contributed by atoms with Crippen LogP contribution in [0.4, 0.5) is 5.69 Å². The Balaban J connectivity index is 1.80. The first-order valence-electron chi connectivity index (χ1n) is 9.55. The third-order valence-corrected chi connectivity index (χ3v) is 9.69. The number of hydrogen-bond acceptors (Lipinski definition) is 6. The maximum atomic E-state index is 12.7. The van der Waals surface area contributed by atoms with Crippen molar-refractivity contribution in [2.24, 2.45) is 0 Å². The summed E-state index contributed by atoms with van der Waals surface area (Å²) in [4.78, 5) is 17.3. The van der Waals surface area contributed by atoms with E-state index in [1.807, 2.05) is 0 Å². The molecule has 2 aromatic carbocycles. The van der Waals surface area contributed by atoms with E-state index in [-0.39, 0.29) is 25.6 Å². The summed E-state index contributed by atoms with van der Waals surface area (Å²) in [5.41, 5.74) is 0.443. The number of carbonyl (C=O) groups is 1. The highest BCUT2D eigenvalue weighted by atomic mass is 35.5. The van der Waals surface area contributed by atoms with Crippen LogP contribution in [-0.4, -0.2) is 46.6 Å². The molecule has 1 aliphatic carbocycles. The zero-order valence-electron chi connectivity index (χ0n) is 17.0. The molecule has 1 N–H and O–H groups in total. The van der Waals surface area contributed by atoms with Gasteiger partial charge in [-0.15, -0.1) is 0 Å². The Morgan fingerprint density at radius 2 is 1.68 bits per heavy atom. The average Bonchev–Trinajstić information content (AvgIpc) is 3.29. The van der Waals surface area contributed by atoms with E-state index in [4.69, 9.17) is 16.4 Å². The van der Waals surface area contributed by atoms with E-state index < -0.39 is 25.8 Å². The number of amides is 1. The van der Waals surface area contributed by atoms with Crippen molar-refractivity contribution in [1.82, 2.24) is 4.47 Å². The minimum Gasteiger partial charge on any atom is -0.322 e. The SMILES string of the molecule is CON(C)S(=O)(=O)c1cc(C(=O)Nc2ccc(S(=O)(=O)C3CCCC3)cc2)ccc1Cl. The van der Waals surface area contributed by atoms with Crippen LogP contribution < -0.4 is 5.32 Å². The van der Waals surface area contributed by atoms with Gasteiger partial charge in [0, 0.05) is 18.3 Å². The van der Waals surface area contributed by atoms with E-state index in [1.165, 1.54) is 50.6 Å². The minimum absolute atomic E-state index is 0.0538. The number of rotatable bonds is 7. The maximum Gasteiger partial charge on any atom is 0.266 e. The van der Waals surface area contributed by atoms with Crippen molar-refractivity contribution in [3.63, 3.8) is 0 Å². The number of benzene rings is 2. The normalized spacial score (nSPS) is 15.4. The number of nitrogens with one attached hydrogen (secondary N) is 1. The highest BCUT2D eigenvalue weighted by Gasteiger charge is 2.30. The molecule has 0 spiro atoms. The standard InChI is InChI=1S/C20H23ClN2O6S2/c1-23(29-2)31(27,28)19-13-14(7-12-18(19)21)20(24)22-15-8-10-17(11-9-15)30(25,26)16-5-3-4-6-16/h7-13,16H,3-6H2,1-2H3,(H,22,24). The Morgan fingerprint density at radius 1 is 1.06 bits per heavy atom. The molecular formula is C20H23ClN2O6S2. The lowest BCUT2D eigenvalue weighted by Gasteiger charge is -2.16. The number of anilines is 1. The molecule has 0 aliphatic heterocycles. The molecule has 3 rings (SSSR count). The Morgan fingerprint density at radius 3 is 2.26 bits per heavy atom. The van der Waals surface area contributed by atoms with Crippen molar-refractivity contribution in [3.8, 4) is 0 Å². The van der Waals surface area contributed by atoms with Crippen LogP contribution in [0.5, 0.6) is 0 Å². The van der Waals surface area contributed by atoms with Gasteiger partial charge in [-0.05, 0) is 55.3 Å². The third-order valence-electron chi connectivity index (χ3n) is 5.25. The van der Waals surface area contributed by atoms with Gasteiger partial charge in [-0.3, -0.25) is 9.63 Å². The lowest BCUT2D eigenvalue weighted by atomic mass is 10.2. The number of halogens is 1. The van der Waals surface area contributed by atoms with Crippen molar-refractivity contribution in [2.75, 3.05) is 19.5 Å². The second-order valence-electron chi connectivity index (χ2n) is 7.17. The average molecular weight is 487 g/mol. The summed E-state index contributed by atoms with van der Waals surface area (Å²) in [5.74, 6) is -0.570. The summed E-state index contributed by atoms with van der Waals surface area (Å²) >= 11 is 6.01. The van der Waals surface area contributed by atoms with Gasteiger partial charge >= 0.3 is 0 Å². The summed E-state index contributed by atoms with van der Waals surface area (Å²) in [7, 11) is -5.03. The smallest absolute Gasteiger partial charge is 0.266 e. The van der Waals surface area contributed by atoms with Crippen molar-refractivity contribution >= 4 is 43.1 Å². The minimum atomic E-state index is -4.05. The van der Waals surface area contributed by atoms with Crippen molar-refractivity contribution < 1.29 is 26.5 Å². The van der Waals surface area contributed by atoms with E-state index in [2.05, 4.69) is 5.32 Å². The van der Waals surface area contributed by atoms with Gasteiger partial charge in [-0.25, -0.2) is 16.8 Å². The number of hydroxylamine groups is 1. The molecule has 1 saturated carbocycles. The zero-order valence-corrected chi connectivity index (χ0v) is 19.4. The Bertz CT molecular complexity index is 1170. The number of carbonyl (C=O) groups excluding carboxylic acids is 1. The predicted octanol–water partition coefficient (Wildman–Crippen LogP) is 3.49. The number of sulfone groups is 1. The van der Waals surface area contributed by atoms with Gasteiger partial charge in [-0.2, -0.15) is 0 Å². The predicted molar refractivity (Wildman–Crippen MR) is 117 cm³/mol. The summed E-state index contributed by atoms with van der Waals surface area (Å²) in [6.07, 6.45) is 3.16. The van der Waals surface area contributed by atoms with E-state index >= 15 is 0 Å². The van der Waals surface area contributed by atoms with Crippen molar-refractivity contribution in [2.45, 2.75) is 40.7 Å². The van der Waals surface area contributed by atoms with Gasteiger partial charge in [-0.1, -0.05) is 28.9 Å². The second-order valence-corrected chi connectivity index (χ2v) is 11.7. The van der Waals surface area contributed by atoms with Crippen LogP contribution in [0.2, 0.25) is 5.02 Å². The van der Waals surface area contributed by atoms with Crippen LogP contribution in [0.1, 0.15) is 36.0 Å². The van der Waals surface area contributed by atoms with Crippen LogP contribution >= 0.6 is 11.6 Å². The topological polar surface area (TPSA) is 110 Å². The van der Waals surface area contributed by atoms with E-state index in [0.29, 0.717) is 23.0 Å². The lowest BCUT2D eigenvalue weighted by Crippen LogP contribution is -2.26. The Hall–Kier alpha value is -1.98. The first-order valence-corrected chi connectivity index (χ1v) is 12.9. The summed E-state index contributed by atoms with van der Waals surface area (Å²) in [5, 5.41) is 2.22. The summed E-state index contributed by atoms with van der Waals surface area (Å²) in [6, 6.07) is 9.80. The number of hydrogen-bond donors (Lipinski definition) is 1. The molecule has 1 fully saturated rings. The molecule has 168 valence electrons.